The molecule has 2 rings (SSSR count). The summed E-state index contributed by atoms with van der Waals surface area (Å²) in [7, 11) is 0. The lowest BCUT2D eigenvalue weighted by molar-refractivity contribution is -0.117. The lowest BCUT2D eigenvalue weighted by Crippen LogP contribution is -2.18. The first-order valence-electron chi connectivity index (χ1n) is 5.13. The number of ketones is 2. The van der Waals surface area contributed by atoms with Crippen LogP contribution in [0.3, 0.4) is 0 Å². The number of nitrogens with zero attached hydrogens (tertiary/aromatic N) is 1. The number of hydrogen-bond donors (Lipinski definition) is 0. The Morgan fingerprint density at radius 3 is 2.59 bits per heavy atom. The van der Waals surface area contributed by atoms with Crippen molar-refractivity contribution in [2.75, 3.05) is 0 Å². The summed E-state index contributed by atoms with van der Waals surface area (Å²) in [6, 6.07) is 4.73. The van der Waals surface area contributed by atoms with Crippen LogP contribution in [-0.2, 0) is 11.3 Å². The summed E-state index contributed by atoms with van der Waals surface area (Å²) in [6.45, 7) is 2.81. The highest BCUT2D eigenvalue weighted by molar-refractivity contribution is 5.97. The lowest BCUT2D eigenvalue weighted by atomic mass is 10.1. The summed E-state index contributed by atoms with van der Waals surface area (Å²) < 4.78 is 6.25. The average molecular weight is 233 g/mol. The molecule has 5 heteroatoms. The predicted molar refractivity (Wildman–Crippen MR) is 61.2 cm³/mol. The van der Waals surface area contributed by atoms with Crippen molar-refractivity contribution >= 4 is 22.7 Å². The Hall–Kier alpha value is -2.17. The van der Waals surface area contributed by atoms with Crippen molar-refractivity contribution < 1.29 is 14.0 Å². The van der Waals surface area contributed by atoms with Crippen LogP contribution in [0.2, 0.25) is 0 Å². The van der Waals surface area contributed by atoms with Crippen LogP contribution in [0, 0.1) is 0 Å². The van der Waals surface area contributed by atoms with Crippen LogP contribution in [0.5, 0.6) is 0 Å². The van der Waals surface area contributed by atoms with Gasteiger partial charge in [-0.25, -0.2) is 4.79 Å². The number of benzene rings is 1. The summed E-state index contributed by atoms with van der Waals surface area (Å²) in [6.07, 6.45) is 0. The first-order chi connectivity index (χ1) is 7.99. The predicted octanol–water partition coefficient (Wildman–Crippen LogP) is 1.39. The molecule has 1 heterocycles. The fraction of sp³-hybridized carbons (Fsp3) is 0.250. The van der Waals surface area contributed by atoms with Crippen LogP contribution >= 0.6 is 0 Å². The Balaban J connectivity index is 2.64. The third kappa shape index (κ3) is 2.04. The van der Waals surface area contributed by atoms with Gasteiger partial charge in [0.25, 0.3) is 0 Å². The van der Waals surface area contributed by atoms with E-state index in [2.05, 4.69) is 0 Å². The monoisotopic (exact) mass is 233 g/mol. The summed E-state index contributed by atoms with van der Waals surface area (Å²) in [5.74, 6) is -0.824. The highest BCUT2D eigenvalue weighted by Gasteiger charge is 2.12. The van der Waals surface area contributed by atoms with E-state index in [4.69, 9.17) is 4.42 Å². The van der Waals surface area contributed by atoms with E-state index in [0.29, 0.717) is 16.7 Å². The van der Waals surface area contributed by atoms with Gasteiger partial charge in [-0.1, -0.05) is 0 Å². The van der Waals surface area contributed by atoms with E-state index in [1.54, 1.807) is 12.1 Å². The number of Topliss-reactive ketones (excluding diaryl/α,β-unsaturated/α-hetero) is 2. The Labute approximate surface area is 96.6 Å². The maximum absolute atomic E-state index is 11.5. The minimum absolute atomic E-state index is 0.0226. The summed E-state index contributed by atoms with van der Waals surface area (Å²) in [4.78, 5) is 33.7. The van der Waals surface area contributed by atoms with E-state index in [9.17, 15) is 14.4 Å². The molecule has 1 aromatic heterocycles. The van der Waals surface area contributed by atoms with Crippen LogP contribution < -0.4 is 5.76 Å². The molecule has 0 radical (unpaired) electrons. The lowest BCUT2D eigenvalue weighted by Gasteiger charge is -1.98. The van der Waals surface area contributed by atoms with Gasteiger partial charge in [-0.3, -0.25) is 14.2 Å². The van der Waals surface area contributed by atoms with Gasteiger partial charge in [-0.05, 0) is 32.0 Å². The van der Waals surface area contributed by atoms with Gasteiger partial charge in [-0.2, -0.15) is 0 Å². The number of fused-ring (bicyclic) bond motifs is 1. The topological polar surface area (TPSA) is 69.3 Å². The molecule has 0 saturated carbocycles. The van der Waals surface area contributed by atoms with Gasteiger partial charge in [0.1, 0.15) is 5.78 Å². The molecule has 5 nitrogen and oxygen atoms in total. The number of rotatable bonds is 3. The minimum atomic E-state index is -0.587. The van der Waals surface area contributed by atoms with E-state index < -0.39 is 5.76 Å². The van der Waals surface area contributed by atoms with E-state index >= 15 is 0 Å². The SMILES string of the molecule is CC(=O)Cn1c(=O)oc2cc(C(C)=O)ccc21. The van der Waals surface area contributed by atoms with Crippen molar-refractivity contribution in [3.8, 4) is 0 Å². The van der Waals surface area contributed by atoms with Gasteiger partial charge < -0.3 is 4.42 Å². The molecule has 17 heavy (non-hydrogen) atoms. The zero-order chi connectivity index (χ0) is 12.6. The highest BCUT2D eigenvalue weighted by Crippen LogP contribution is 2.15. The molecule has 2 aromatic rings. The average Bonchev–Trinajstić information content (AvgIpc) is 2.54. The first-order valence-corrected chi connectivity index (χ1v) is 5.13. The van der Waals surface area contributed by atoms with Crippen LogP contribution in [0.25, 0.3) is 11.1 Å². The van der Waals surface area contributed by atoms with Crippen molar-refractivity contribution in [3.63, 3.8) is 0 Å². The molecule has 0 saturated heterocycles. The number of hydrogen-bond acceptors (Lipinski definition) is 4. The molecular weight excluding hydrogens is 222 g/mol. The van der Waals surface area contributed by atoms with Gasteiger partial charge in [0, 0.05) is 5.56 Å². The molecule has 0 spiro atoms. The van der Waals surface area contributed by atoms with E-state index in [0.717, 1.165) is 0 Å². The Morgan fingerprint density at radius 2 is 2.00 bits per heavy atom. The smallest absolute Gasteiger partial charge is 0.408 e. The molecule has 0 N–H and O–H groups in total. The van der Waals surface area contributed by atoms with Crippen molar-refractivity contribution in [2.45, 2.75) is 20.4 Å². The molecule has 0 aliphatic rings. The van der Waals surface area contributed by atoms with Crippen molar-refractivity contribution in [2.24, 2.45) is 0 Å². The molecule has 0 aliphatic carbocycles. The van der Waals surface area contributed by atoms with Crippen LogP contribution in [-0.4, -0.2) is 16.1 Å². The summed E-state index contributed by atoms with van der Waals surface area (Å²) in [5.41, 5.74) is 1.32. The maximum atomic E-state index is 11.5. The van der Waals surface area contributed by atoms with Crippen LogP contribution in [0.15, 0.2) is 27.4 Å². The van der Waals surface area contributed by atoms with Gasteiger partial charge in [0.2, 0.25) is 0 Å². The second-order valence-electron chi connectivity index (χ2n) is 3.89. The second kappa shape index (κ2) is 4.01. The summed E-state index contributed by atoms with van der Waals surface area (Å²) in [5, 5.41) is 0. The maximum Gasteiger partial charge on any atom is 0.420 e. The zero-order valence-corrected chi connectivity index (χ0v) is 9.52. The van der Waals surface area contributed by atoms with Gasteiger partial charge in [-0.15, -0.1) is 0 Å². The standard InChI is InChI=1S/C12H11NO4/c1-7(14)6-13-10-4-3-9(8(2)15)5-11(10)17-12(13)16/h3-5H,6H2,1-2H3. The van der Waals surface area contributed by atoms with E-state index in [1.165, 1.54) is 24.5 Å². The first kappa shape index (κ1) is 11.3. The third-order valence-electron chi connectivity index (χ3n) is 2.46. The third-order valence-corrected chi connectivity index (χ3v) is 2.46. The van der Waals surface area contributed by atoms with Gasteiger partial charge in [0.05, 0.1) is 12.1 Å². The Kier molecular flexibility index (Phi) is 2.67. The zero-order valence-electron chi connectivity index (χ0n) is 9.52. The fourth-order valence-electron chi connectivity index (χ4n) is 1.66. The van der Waals surface area contributed by atoms with E-state index in [1.807, 2.05) is 0 Å². The van der Waals surface area contributed by atoms with Crippen molar-refractivity contribution in [1.82, 2.24) is 4.57 Å². The van der Waals surface area contributed by atoms with Crippen LogP contribution in [0.1, 0.15) is 24.2 Å². The fourth-order valence-corrected chi connectivity index (χ4v) is 1.66. The van der Waals surface area contributed by atoms with Gasteiger partial charge in [0.15, 0.2) is 11.4 Å². The van der Waals surface area contributed by atoms with Crippen molar-refractivity contribution in [1.29, 1.82) is 0 Å². The Bertz CT molecular complexity index is 663. The summed E-state index contributed by atoms with van der Waals surface area (Å²) >= 11 is 0. The molecule has 0 atom stereocenters. The number of carbonyl (C=O) groups is 2. The molecular formula is C12H11NO4. The van der Waals surface area contributed by atoms with Crippen LogP contribution in [0.4, 0.5) is 0 Å². The normalized spacial score (nSPS) is 10.7. The minimum Gasteiger partial charge on any atom is -0.408 e. The van der Waals surface area contributed by atoms with E-state index in [-0.39, 0.29) is 18.1 Å². The number of oxazole rings is 1. The Morgan fingerprint density at radius 1 is 1.29 bits per heavy atom. The molecule has 88 valence electrons. The largest absolute Gasteiger partial charge is 0.420 e. The van der Waals surface area contributed by atoms with Crippen molar-refractivity contribution in [3.05, 3.63) is 34.3 Å². The molecule has 0 bridgehead atoms. The molecule has 0 amide bonds. The number of aromatic nitrogens is 1. The number of carbonyl (C=O) groups excluding carboxylic acids is 2. The quantitative estimate of drug-likeness (QED) is 0.751. The van der Waals surface area contributed by atoms with Gasteiger partial charge >= 0.3 is 5.76 Å². The highest BCUT2D eigenvalue weighted by atomic mass is 16.4. The molecule has 0 fully saturated rings. The molecule has 0 aliphatic heterocycles. The molecule has 0 unspecified atom stereocenters. The molecule has 1 aromatic carbocycles. The second-order valence-corrected chi connectivity index (χ2v) is 3.89.